The predicted molar refractivity (Wildman–Crippen MR) is 73.2 cm³/mol. The maximum absolute atomic E-state index is 12.0. The van der Waals surface area contributed by atoms with Crippen molar-refractivity contribution in [2.45, 2.75) is 18.4 Å². The van der Waals surface area contributed by atoms with Gasteiger partial charge in [0.05, 0.1) is 11.2 Å². The Balaban J connectivity index is 1.97. The first-order valence-electron chi connectivity index (χ1n) is 6.13. The summed E-state index contributed by atoms with van der Waals surface area (Å²) < 4.78 is 5.18. The molecule has 0 atom stereocenters. The van der Waals surface area contributed by atoms with Crippen LogP contribution in [0.4, 0.5) is 5.69 Å². The minimum atomic E-state index is -0.894. The molecule has 6 heteroatoms. The first kappa shape index (κ1) is 14.1. The second-order valence-electron chi connectivity index (χ2n) is 4.75. The van der Waals surface area contributed by atoms with Crippen LogP contribution in [0.2, 0.25) is 5.02 Å². The molecule has 19 heavy (non-hydrogen) atoms. The van der Waals surface area contributed by atoms with E-state index in [4.69, 9.17) is 22.1 Å². The molecule has 0 radical (unpaired) electrons. The number of nitrogen functional groups attached to an aromatic ring is 1. The first-order chi connectivity index (χ1) is 9.00. The molecule has 1 fully saturated rings. The SMILES string of the molecule is Nc1cc(Cl)ccc1C(=O)NCC1(O)CCOCC1. The number of ether oxygens (including phenoxy) is 1. The van der Waals surface area contributed by atoms with Gasteiger partial charge in [-0.2, -0.15) is 0 Å². The molecule has 1 aromatic carbocycles. The molecule has 0 bridgehead atoms. The maximum Gasteiger partial charge on any atom is 0.253 e. The van der Waals surface area contributed by atoms with E-state index >= 15 is 0 Å². The third-order valence-electron chi connectivity index (χ3n) is 3.26. The number of hydrogen-bond acceptors (Lipinski definition) is 4. The fraction of sp³-hybridized carbons (Fsp3) is 0.462. The normalized spacial score (nSPS) is 18.0. The number of anilines is 1. The lowest BCUT2D eigenvalue weighted by Gasteiger charge is -2.32. The minimum absolute atomic E-state index is 0.192. The number of amides is 1. The molecular weight excluding hydrogens is 268 g/mol. The van der Waals surface area contributed by atoms with Gasteiger partial charge in [-0.1, -0.05) is 11.6 Å². The Kier molecular flexibility index (Phi) is 4.29. The highest BCUT2D eigenvalue weighted by atomic mass is 35.5. The van der Waals surface area contributed by atoms with Crippen molar-refractivity contribution in [2.75, 3.05) is 25.5 Å². The van der Waals surface area contributed by atoms with Crippen molar-refractivity contribution in [1.82, 2.24) is 5.32 Å². The number of carbonyl (C=O) groups excluding carboxylic acids is 1. The Morgan fingerprint density at radius 1 is 1.47 bits per heavy atom. The average molecular weight is 285 g/mol. The Labute approximate surface area is 116 Å². The van der Waals surface area contributed by atoms with Crippen LogP contribution in [-0.2, 0) is 4.74 Å². The molecule has 1 aliphatic rings. The number of hydrogen-bond donors (Lipinski definition) is 3. The molecule has 0 spiro atoms. The van der Waals surface area contributed by atoms with E-state index in [1.165, 1.54) is 6.07 Å². The fourth-order valence-electron chi connectivity index (χ4n) is 2.01. The molecule has 0 saturated carbocycles. The van der Waals surface area contributed by atoms with E-state index in [1.807, 2.05) is 0 Å². The van der Waals surface area contributed by atoms with Crippen molar-refractivity contribution in [3.8, 4) is 0 Å². The van der Waals surface area contributed by atoms with E-state index in [0.29, 0.717) is 42.3 Å². The monoisotopic (exact) mass is 284 g/mol. The van der Waals surface area contributed by atoms with Crippen LogP contribution in [0.25, 0.3) is 0 Å². The summed E-state index contributed by atoms with van der Waals surface area (Å²) in [7, 11) is 0. The number of nitrogens with one attached hydrogen (secondary N) is 1. The predicted octanol–water partition coefficient (Wildman–Crippen LogP) is 1.19. The largest absolute Gasteiger partial charge is 0.398 e. The zero-order valence-corrected chi connectivity index (χ0v) is 11.2. The van der Waals surface area contributed by atoms with E-state index in [-0.39, 0.29) is 12.5 Å². The summed E-state index contributed by atoms with van der Waals surface area (Å²) in [4.78, 5) is 12.0. The van der Waals surface area contributed by atoms with Crippen LogP contribution in [0.15, 0.2) is 18.2 Å². The van der Waals surface area contributed by atoms with Gasteiger partial charge in [-0.05, 0) is 18.2 Å². The summed E-state index contributed by atoms with van der Waals surface area (Å²) in [5.74, 6) is -0.311. The van der Waals surface area contributed by atoms with Gasteiger partial charge >= 0.3 is 0 Å². The zero-order valence-electron chi connectivity index (χ0n) is 10.5. The third-order valence-corrected chi connectivity index (χ3v) is 3.49. The average Bonchev–Trinajstić information content (AvgIpc) is 2.37. The van der Waals surface area contributed by atoms with E-state index in [0.717, 1.165) is 0 Å². The third kappa shape index (κ3) is 3.59. The van der Waals surface area contributed by atoms with Gasteiger partial charge in [0, 0.05) is 43.3 Å². The molecule has 1 saturated heterocycles. The highest BCUT2D eigenvalue weighted by Gasteiger charge is 2.30. The van der Waals surface area contributed by atoms with Crippen LogP contribution in [0.3, 0.4) is 0 Å². The van der Waals surface area contributed by atoms with E-state index < -0.39 is 5.60 Å². The molecule has 1 aromatic rings. The fourth-order valence-corrected chi connectivity index (χ4v) is 2.19. The molecule has 0 aliphatic carbocycles. The number of benzene rings is 1. The minimum Gasteiger partial charge on any atom is -0.398 e. The zero-order chi connectivity index (χ0) is 13.9. The van der Waals surface area contributed by atoms with Gasteiger partial charge in [-0.15, -0.1) is 0 Å². The molecule has 1 heterocycles. The van der Waals surface area contributed by atoms with E-state index in [1.54, 1.807) is 12.1 Å². The standard InChI is InChI=1S/C13H17ClN2O3/c14-9-1-2-10(11(15)7-9)12(17)16-8-13(18)3-5-19-6-4-13/h1-2,7,18H,3-6,8,15H2,(H,16,17). The molecule has 2 rings (SSSR count). The molecule has 0 unspecified atom stereocenters. The van der Waals surface area contributed by atoms with Gasteiger partial charge in [-0.25, -0.2) is 0 Å². The summed E-state index contributed by atoms with van der Waals surface area (Å²) in [5, 5.41) is 13.4. The first-order valence-corrected chi connectivity index (χ1v) is 6.51. The van der Waals surface area contributed by atoms with Crippen molar-refractivity contribution in [3.63, 3.8) is 0 Å². The summed E-state index contributed by atoms with van der Waals surface area (Å²) in [6.45, 7) is 1.21. The van der Waals surface area contributed by atoms with Crippen LogP contribution in [-0.4, -0.2) is 36.4 Å². The number of carbonyl (C=O) groups is 1. The van der Waals surface area contributed by atoms with Crippen molar-refractivity contribution in [3.05, 3.63) is 28.8 Å². The molecule has 1 aliphatic heterocycles. The molecular formula is C13H17ClN2O3. The Hall–Kier alpha value is -1.30. The van der Waals surface area contributed by atoms with Gasteiger partial charge in [0.2, 0.25) is 0 Å². The lowest BCUT2D eigenvalue weighted by Crippen LogP contribution is -2.46. The maximum atomic E-state index is 12.0. The number of halogens is 1. The summed E-state index contributed by atoms with van der Waals surface area (Å²) in [5.41, 5.74) is 5.53. The molecule has 104 valence electrons. The lowest BCUT2D eigenvalue weighted by atomic mass is 9.94. The van der Waals surface area contributed by atoms with E-state index in [9.17, 15) is 9.90 Å². The highest BCUT2D eigenvalue weighted by molar-refractivity contribution is 6.31. The molecule has 1 amide bonds. The van der Waals surface area contributed by atoms with Gasteiger partial charge in [0.25, 0.3) is 5.91 Å². The number of aliphatic hydroxyl groups is 1. The van der Waals surface area contributed by atoms with Crippen LogP contribution < -0.4 is 11.1 Å². The second-order valence-corrected chi connectivity index (χ2v) is 5.19. The van der Waals surface area contributed by atoms with Crippen molar-refractivity contribution < 1.29 is 14.6 Å². The lowest BCUT2D eigenvalue weighted by molar-refractivity contribution is -0.0605. The Bertz CT molecular complexity index is 473. The number of rotatable bonds is 3. The van der Waals surface area contributed by atoms with Crippen molar-refractivity contribution >= 4 is 23.2 Å². The summed E-state index contributed by atoms with van der Waals surface area (Å²) in [6.07, 6.45) is 1.03. The van der Waals surface area contributed by atoms with Crippen molar-refractivity contribution in [2.24, 2.45) is 0 Å². The quantitative estimate of drug-likeness (QED) is 0.728. The van der Waals surface area contributed by atoms with Gasteiger partial charge < -0.3 is 20.9 Å². The smallest absolute Gasteiger partial charge is 0.253 e. The van der Waals surface area contributed by atoms with Gasteiger partial charge in [0.15, 0.2) is 0 Å². The van der Waals surface area contributed by atoms with Crippen LogP contribution in [0, 0.1) is 0 Å². The van der Waals surface area contributed by atoms with Crippen LogP contribution >= 0.6 is 11.6 Å². The van der Waals surface area contributed by atoms with Crippen LogP contribution in [0.1, 0.15) is 23.2 Å². The number of nitrogens with two attached hydrogens (primary N) is 1. The van der Waals surface area contributed by atoms with Crippen molar-refractivity contribution in [1.29, 1.82) is 0 Å². The Morgan fingerprint density at radius 3 is 2.79 bits per heavy atom. The summed E-state index contributed by atoms with van der Waals surface area (Å²) >= 11 is 5.78. The Morgan fingerprint density at radius 2 is 2.16 bits per heavy atom. The highest BCUT2D eigenvalue weighted by Crippen LogP contribution is 2.21. The molecule has 0 aromatic heterocycles. The molecule has 4 N–H and O–H groups in total. The summed E-state index contributed by atoms with van der Waals surface area (Å²) in [6, 6.07) is 4.71. The molecule has 5 nitrogen and oxygen atoms in total. The van der Waals surface area contributed by atoms with E-state index in [2.05, 4.69) is 5.32 Å². The van der Waals surface area contributed by atoms with Gasteiger partial charge in [0.1, 0.15) is 0 Å². The topological polar surface area (TPSA) is 84.6 Å². The van der Waals surface area contributed by atoms with Gasteiger partial charge in [-0.3, -0.25) is 4.79 Å². The van der Waals surface area contributed by atoms with Crippen LogP contribution in [0.5, 0.6) is 0 Å². The second kappa shape index (κ2) is 5.77.